The van der Waals surface area contributed by atoms with Crippen LogP contribution in [0, 0.1) is 0 Å². The highest BCUT2D eigenvalue weighted by Gasteiger charge is 2.09. The van der Waals surface area contributed by atoms with Crippen molar-refractivity contribution < 1.29 is 5.11 Å². The Hall–Kier alpha value is 0.390. The molecule has 0 radical (unpaired) electrons. The first-order valence-corrected chi connectivity index (χ1v) is 5.02. The summed E-state index contributed by atoms with van der Waals surface area (Å²) in [5.74, 6) is 0. The average molecular weight is 273 g/mol. The maximum atomic E-state index is 8.64. The summed E-state index contributed by atoms with van der Waals surface area (Å²) in [6.07, 6.45) is 0.624. The first-order chi connectivity index (χ1) is 5.25. The molecule has 1 rings (SSSR count). The van der Waals surface area contributed by atoms with Crippen molar-refractivity contribution in [3.05, 3.63) is 20.8 Å². The van der Waals surface area contributed by atoms with E-state index in [1.165, 1.54) is 0 Å². The van der Waals surface area contributed by atoms with E-state index >= 15 is 0 Å². The first kappa shape index (κ1) is 12.4. The highest BCUT2D eigenvalue weighted by Crippen LogP contribution is 2.28. The summed E-state index contributed by atoms with van der Waals surface area (Å²) in [4.78, 5) is 1.11. The molecule has 0 unspecified atom stereocenters. The molecule has 0 aliphatic rings. The number of aliphatic hydroxyl groups is 1. The highest BCUT2D eigenvalue weighted by molar-refractivity contribution is 9.10. The zero-order chi connectivity index (χ0) is 8.27. The van der Waals surface area contributed by atoms with Gasteiger partial charge in [0.25, 0.3) is 0 Å². The minimum atomic E-state index is -0.0330. The third-order valence-electron chi connectivity index (χ3n) is 1.42. The first-order valence-electron chi connectivity index (χ1n) is 3.35. The highest BCUT2D eigenvalue weighted by atomic mass is 79.9. The fourth-order valence-electron chi connectivity index (χ4n) is 0.840. The van der Waals surface area contributed by atoms with Crippen molar-refractivity contribution in [3.8, 4) is 0 Å². The topological polar surface area (TPSA) is 46.2 Å². The van der Waals surface area contributed by atoms with Crippen molar-refractivity contribution in [3.63, 3.8) is 0 Å². The van der Waals surface area contributed by atoms with Crippen molar-refractivity contribution >= 4 is 39.7 Å². The van der Waals surface area contributed by atoms with Crippen molar-refractivity contribution in [1.82, 2.24) is 0 Å². The molecular weight excluding hydrogens is 262 g/mol. The lowest BCUT2D eigenvalue weighted by atomic mass is 10.2. The van der Waals surface area contributed by atoms with Gasteiger partial charge in [-0.25, -0.2) is 0 Å². The molecule has 1 aromatic heterocycles. The lowest BCUT2D eigenvalue weighted by molar-refractivity contribution is 0.277. The Labute approximate surface area is 90.3 Å². The molecule has 1 aromatic rings. The number of hydrogen-bond acceptors (Lipinski definition) is 3. The van der Waals surface area contributed by atoms with Gasteiger partial charge in [0.1, 0.15) is 0 Å². The van der Waals surface area contributed by atoms with Crippen LogP contribution in [-0.2, 0) is 0 Å². The van der Waals surface area contributed by atoms with E-state index in [2.05, 4.69) is 15.9 Å². The quantitative estimate of drug-likeness (QED) is 0.887. The van der Waals surface area contributed by atoms with Gasteiger partial charge in [-0.2, -0.15) is 0 Å². The number of halogens is 2. The number of rotatable bonds is 3. The number of aliphatic hydroxyl groups excluding tert-OH is 1. The second-order valence-electron chi connectivity index (χ2n) is 2.25. The van der Waals surface area contributed by atoms with Gasteiger partial charge in [-0.05, 0) is 33.8 Å². The van der Waals surface area contributed by atoms with Crippen LogP contribution >= 0.6 is 39.7 Å². The number of hydrogen-bond donors (Lipinski definition) is 2. The third kappa shape index (κ3) is 3.03. The van der Waals surface area contributed by atoms with Crippen LogP contribution in [0.4, 0.5) is 0 Å². The fourth-order valence-corrected chi connectivity index (χ4v) is 2.55. The molecule has 5 heteroatoms. The summed E-state index contributed by atoms with van der Waals surface area (Å²) < 4.78 is 1.04. The van der Waals surface area contributed by atoms with E-state index in [-0.39, 0.29) is 25.1 Å². The largest absolute Gasteiger partial charge is 0.396 e. The Balaban J connectivity index is 0.00000121. The van der Waals surface area contributed by atoms with Crippen LogP contribution in [-0.4, -0.2) is 11.7 Å². The zero-order valence-electron chi connectivity index (χ0n) is 6.37. The van der Waals surface area contributed by atoms with Crippen LogP contribution < -0.4 is 5.73 Å². The van der Waals surface area contributed by atoms with Gasteiger partial charge < -0.3 is 10.8 Å². The predicted octanol–water partition coefficient (Wildman–Crippen LogP) is 2.31. The van der Waals surface area contributed by atoms with Gasteiger partial charge in [0.05, 0.1) is 0 Å². The summed E-state index contributed by atoms with van der Waals surface area (Å²) >= 11 is 5.00. The van der Waals surface area contributed by atoms with E-state index in [4.69, 9.17) is 10.8 Å². The fraction of sp³-hybridized carbons (Fsp3) is 0.429. The molecule has 0 spiro atoms. The van der Waals surface area contributed by atoms with E-state index in [0.29, 0.717) is 6.42 Å². The maximum absolute atomic E-state index is 8.64. The summed E-state index contributed by atoms with van der Waals surface area (Å²) in [7, 11) is 0. The van der Waals surface area contributed by atoms with E-state index < -0.39 is 0 Å². The van der Waals surface area contributed by atoms with Crippen LogP contribution in [0.5, 0.6) is 0 Å². The van der Waals surface area contributed by atoms with Gasteiger partial charge in [-0.1, -0.05) is 0 Å². The van der Waals surface area contributed by atoms with Gasteiger partial charge in [0.15, 0.2) is 0 Å². The molecule has 1 atom stereocenters. The van der Waals surface area contributed by atoms with Crippen LogP contribution in [0.3, 0.4) is 0 Å². The molecule has 70 valence electrons. The van der Waals surface area contributed by atoms with Gasteiger partial charge in [-0.15, -0.1) is 23.7 Å². The molecule has 0 aliphatic carbocycles. The monoisotopic (exact) mass is 271 g/mol. The predicted molar refractivity (Wildman–Crippen MR) is 57.9 cm³/mol. The van der Waals surface area contributed by atoms with Gasteiger partial charge in [-0.3, -0.25) is 0 Å². The average Bonchev–Trinajstić information content (AvgIpc) is 2.36. The Bertz CT molecular complexity index is 231. The minimum absolute atomic E-state index is 0. The molecule has 0 bridgehead atoms. The van der Waals surface area contributed by atoms with E-state index in [1.54, 1.807) is 11.3 Å². The molecule has 1 heterocycles. The van der Waals surface area contributed by atoms with Gasteiger partial charge in [0, 0.05) is 22.0 Å². The molecule has 3 N–H and O–H groups in total. The summed E-state index contributed by atoms with van der Waals surface area (Å²) in [5, 5.41) is 10.6. The molecule has 12 heavy (non-hydrogen) atoms. The third-order valence-corrected chi connectivity index (χ3v) is 3.42. The van der Waals surface area contributed by atoms with Crippen LogP contribution in [0.2, 0.25) is 0 Å². The number of thiophene rings is 1. The lowest BCUT2D eigenvalue weighted by Gasteiger charge is -2.07. The summed E-state index contributed by atoms with van der Waals surface area (Å²) in [6.45, 7) is 0.144. The molecule has 0 fully saturated rings. The van der Waals surface area contributed by atoms with E-state index in [9.17, 15) is 0 Å². The molecule has 2 nitrogen and oxygen atoms in total. The van der Waals surface area contributed by atoms with Gasteiger partial charge >= 0.3 is 0 Å². The van der Waals surface area contributed by atoms with Crippen LogP contribution in [0.15, 0.2) is 15.9 Å². The summed E-state index contributed by atoms with van der Waals surface area (Å²) in [5.41, 5.74) is 5.77. The van der Waals surface area contributed by atoms with Crippen molar-refractivity contribution in [2.24, 2.45) is 5.73 Å². The smallest absolute Gasteiger partial charge is 0.0449 e. The zero-order valence-corrected chi connectivity index (χ0v) is 9.58. The Kier molecular flexibility index (Phi) is 6.13. The minimum Gasteiger partial charge on any atom is -0.396 e. The van der Waals surface area contributed by atoms with Crippen LogP contribution in [0.25, 0.3) is 0 Å². The SMILES string of the molecule is Cl.N[C@H](CCO)c1sccc1Br. The molecule has 0 amide bonds. The second kappa shape index (κ2) is 5.94. The molecule has 0 aromatic carbocycles. The molecular formula is C7H11BrClNOS. The van der Waals surface area contributed by atoms with Gasteiger partial charge in [0.2, 0.25) is 0 Å². The molecule has 0 saturated carbocycles. The van der Waals surface area contributed by atoms with Crippen LogP contribution in [0.1, 0.15) is 17.3 Å². The maximum Gasteiger partial charge on any atom is 0.0449 e. The second-order valence-corrected chi connectivity index (χ2v) is 4.05. The molecule has 0 saturated heterocycles. The standard InChI is InChI=1S/C7H10BrNOS.ClH/c8-5-2-4-11-7(5)6(9)1-3-10;/h2,4,6,10H,1,3,9H2;1H/t6-;/m1./s1. The Morgan fingerprint density at radius 2 is 2.33 bits per heavy atom. The van der Waals surface area contributed by atoms with Crippen molar-refractivity contribution in [2.45, 2.75) is 12.5 Å². The Morgan fingerprint density at radius 1 is 1.67 bits per heavy atom. The summed E-state index contributed by atoms with van der Waals surface area (Å²) in [6, 6.07) is 1.94. The number of nitrogens with two attached hydrogens (primary N) is 1. The lowest BCUT2D eigenvalue weighted by Crippen LogP contribution is -2.10. The van der Waals surface area contributed by atoms with E-state index in [0.717, 1.165) is 9.35 Å². The Morgan fingerprint density at radius 3 is 2.75 bits per heavy atom. The van der Waals surface area contributed by atoms with E-state index in [1.807, 2.05) is 11.4 Å². The van der Waals surface area contributed by atoms with Crippen molar-refractivity contribution in [2.75, 3.05) is 6.61 Å². The normalized spacial score (nSPS) is 12.2. The molecule has 0 aliphatic heterocycles. The van der Waals surface area contributed by atoms with Crippen molar-refractivity contribution in [1.29, 1.82) is 0 Å².